The average molecular weight is 563 g/mol. The lowest BCUT2D eigenvalue weighted by Crippen LogP contribution is -2.05. The highest BCUT2D eigenvalue weighted by atomic mass is 32.2. The second-order valence-corrected chi connectivity index (χ2v) is 9.55. The second kappa shape index (κ2) is 13.1. The van der Waals surface area contributed by atoms with Crippen LogP contribution < -0.4 is 24.8 Å². The van der Waals surface area contributed by atoms with Crippen molar-refractivity contribution >= 4 is 38.3 Å². The van der Waals surface area contributed by atoms with Gasteiger partial charge >= 0.3 is 0 Å². The Morgan fingerprint density at radius 3 is 2.15 bits per heavy atom. The van der Waals surface area contributed by atoms with Crippen LogP contribution in [0.15, 0.2) is 54.6 Å². The summed E-state index contributed by atoms with van der Waals surface area (Å²) in [4.78, 5) is 8.99. The molecular weight excluding hydrogens is 536 g/mol. The third kappa shape index (κ3) is 7.94. The van der Waals surface area contributed by atoms with Crippen molar-refractivity contribution in [3.05, 3.63) is 65.7 Å². The molecule has 1 aromatic heterocycles. The molecule has 206 valence electrons. The maximum absolute atomic E-state index is 9.25. The third-order valence-electron chi connectivity index (χ3n) is 5.10. The van der Waals surface area contributed by atoms with Crippen molar-refractivity contribution in [2.75, 3.05) is 37.7 Å². The Hall–Kier alpha value is -5.11. The zero-order valence-corrected chi connectivity index (χ0v) is 22.9. The van der Waals surface area contributed by atoms with Crippen LogP contribution in [0.3, 0.4) is 0 Å². The first kappa shape index (κ1) is 29.4. The van der Waals surface area contributed by atoms with Crippen LogP contribution in [0.4, 0.5) is 17.5 Å². The van der Waals surface area contributed by atoms with Crippen molar-refractivity contribution < 1.29 is 27.2 Å². The van der Waals surface area contributed by atoms with Gasteiger partial charge in [0.25, 0.3) is 10.1 Å². The summed E-state index contributed by atoms with van der Waals surface area (Å²) < 4.78 is 43.3. The summed E-state index contributed by atoms with van der Waals surface area (Å²) in [5.74, 6) is 2.35. The van der Waals surface area contributed by atoms with Crippen LogP contribution in [0, 0.1) is 22.7 Å². The molecule has 40 heavy (non-hydrogen) atoms. The summed E-state index contributed by atoms with van der Waals surface area (Å²) in [6, 6.07) is 19.9. The van der Waals surface area contributed by atoms with Gasteiger partial charge in [0.15, 0.2) is 11.5 Å². The van der Waals surface area contributed by atoms with Gasteiger partial charge in [-0.2, -0.15) is 28.9 Å². The molecule has 0 amide bonds. The van der Waals surface area contributed by atoms with Gasteiger partial charge in [0, 0.05) is 23.7 Å². The minimum absolute atomic E-state index is 0.261. The Morgan fingerprint density at radius 1 is 0.925 bits per heavy atom. The zero-order valence-electron chi connectivity index (χ0n) is 22.1. The molecule has 0 saturated heterocycles. The van der Waals surface area contributed by atoms with Crippen molar-refractivity contribution in [1.82, 2.24) is 9.97 Å². The lowest BCUT2D eigenvalue weighted by atomic mass is 10.1. The summed E-state index contributed by atoms with van der Waals surface area (Å²) in [6.45, 7) is 2.61. The standard InChI is InChI=1S/C26H22N6O3.CH4O3S/c1-4-29-22-13-23(32-26(31-22)30-19-8-5-16(14-27)6-9-19)35-25-21(33-2)12-18-11-17(15-28)7-10-20(18)24(25)34-3;1-5(2,3)4/h5-13H,4H2,1-3H3,(H2,29,30,31,32);1H3,(H,2,3,4). The summed E-state index contributed by atoms with van der Waals surface area (Å²) in [6.07, 6.45) is 0.715. The highest BCUT2D eigenvalue weighted by molar-refractivity contribution is 7.85. The van der Waals surface area contributed by atoms with E-state index in [0.29, 0.717) is 52.9 Å². The number of ether oxygens (including phenoxy) is 3. The van der Waals surface area contributed by atoms with E-state index < -0.39 is 10.1 Å². The molecule has 0 aliphatic carbocycles. The fourth-order valence-corrected chi connectivity index (χ4v) is 3.52. The monoisotopic (exact) mass is 562 g/mol. The van der Waals surface area contributed by atoms with Crippen molar-refractivity contribution in [1.29, 1.82) is 10.5 Å². The number of anilines is 3. The van der Waals surface area contributed by atoms with Crippen LogP contribution >= 0.6 is 0 Å². The smallest absolute Gasteiger partial charge is 0.261 e. The van der Waals surface area contributed by atoms with E-state index in [1.165, 1.54) is 7.11 Å². The number of nitriles is 2. The fourth-order valence-electron chi connectivity index (χ4n) is 3.52. The van der Waals surface area contributed by atoms with E-state index in [9.17, 15) is 13.7 Å². The van der Waals surface area contributed by atoms with Gasteiger partial charge in [0.1, 0.15) is 5.82 Å². The molecule has 0 aliphatic heterocycles. The number of benzene rings is 3. The molecule has 4 rings (SSSR count). The number of nitrogens with zero attached hydrogens (tertiary/aromatic N) is 4. The molecule has 12 nitrogen and oxygen atoms in total. The van der Waals surface area contributed by atoms with Crippen LogP contribution in [0.5, 0.6) is 23.1 Å². The van der Waals surface area contributed by atoms with Gasteiger partial charge < -0.3 is 24.8 Å². The molecule has 0 aliphatic rings. The number of methoxy groups -OCH3 is 2. The van der Waals surface area contributed by atoms with E-state index in [-0.39, 0.29) is 5.88 Å². The number of hydrogen-bond acceptors (Lipinski definition) is 11. The van der Waals surface area contributed by atoms with Crippen molar-refractivity contribution in [3.63, 3.8) is 0 Å². The third-order valence-corrected chi connectivity index (χ3v) is 5.10. The largest absolute Gasteiger partial charge is 0.493 e. The highest BCUT2D eigenvalue weighted by Crippen LogP contribution is 2.45. The van der Waals surface area contributed by atoms with Crippen LogP contribution in [0.2, 0.25) is 0 Å². The minimum atomic E-state index is -3.67. The van der Waals surface area contributed by atoms with Gasteiger partial charge in [0.2, 0.25) is 17.6 Å². The summed E-state index contributed by atoms with van der Waals surface area (Å²) >= 11 is 0. The predicted molar refractivity (Wildman–Crippen MR) is 150 cm³/mol. The fraction of sp³-hybridized carbons (Fsp3) is 0.185. The van der Waals surface area contributed by atoms with E-state index in [1.807, 2.05) is 6.92 Å². The first-order chi connectivity index (χ1) is 19.1. The molecule has 4 aromatic rings. The SMILES string of the molecule is CCNc1cc(Oc2c(OC)cc3cc(C#N)ccc3c2OC)nc(Nc2ccc(C#N)cc2)n1.CS(=O)(=O)O. The lowest BCUT2D eigenvalue weighted by Gasteiger charge is -2.17. The van der Waals surface area contributed by atoms with Crippen LogP contribution in [-0.4, -0.2) is 50.0 Å². The Balaban J connectivity index is 0.000000810. The average Bonchev–Trinajstić information content (AvgIpc) is 2.92. The molecule has 0 spiro atoms. The normalized spacial score (nSPS) is 10.4. The molecule has 3 aromatic carbocycles. The van der Waals surface area contributed by atoms with Crippen LogP contribution in [0.1, 0.15) is 18.1 Å². The number of fused-ring (bicyclic) bond motifs is 1. The summed E-state index contributed by atoms with van der Waals surface area (Å²) in [5, 5.41) is 26.1. The van der Waals surface area contributed by atoms with E-state index in [2.05, 4.69) is 32.7 Å². The van der Waals surface area contributed by atoms with Gasteiger partial charge in [-0.15, -0.1) is 0 Å². The van der Waals surface area contributed by atoms with Crippen LogP contribution in [0.25, 0.3) is 10.8 Å². The van der Waals surface area contributed by atoms with Gasteiger partial charge in [-0.05, 0) is 60.8 Å². The molecule has 13 heteroatoms. The zero-order chi connectivity index (χ0) is 29.3. The molecular formula is C27H26N6O6S. The Kier molecular flexibility index (Phi) is 9.65. The Bertz CT molecular complexity index is 1690. The predicted octanol–water partition coefficient (Wildman–Crippen LogP) is 4.86. The highest BCUT2D eigenvalue weighted by Gasteiger charge is 2.19. The maximum atomic E-state index is 9.25. The number of nitrogens with one attached hydrogen (secondary N) is 2. The van der Waals surface area contributed by atoms with E-state index >= 15 is 0 Å². The van der Waals surface area contributed by atoms with Gasteiger partial charge in [-0.1, -0.05) is 0 Å². The molecule has 0 saturated carbocycles. The minimum Gasteiger partial charge on any atom is -0.493 e. The van der Waals surface area contributed by atoms with E-state index in [0.717, 1.165) is 16.5 Å². The molecule has 0 unspecified atom stereocenters. The second-order valence-electron chi connectivity index (χ2n) is 8.08. The van der Waals surface area contributed by atoms with Crippen molar-refractivity contribution in [2.45, 2.75) is 6.92 Å². The molecule has 0 atom stereocenters. The molecule has 0 bridgehead atoms. The maximum Gasteiger partial charge on any atom is 0.261 e. The molecule has 0 fully saturated rings. The molecule has 0 radical (unpaired) electrons. The van der Waals surface area contributed by atoms with Gasteiger partial charge in [-0.3, -0.25) is 4.55 Å². The first-order valence-electron chi connectivity index (χ1n) is 11.7. The summed E-state index contributed by atoms with van der Waals surface area (Å²) in [5.41, 5.74) is 1.80. The lowest BCUT2D eigenvalue weighted by molar-refractivity contribution is 0.345. The van der Waals surface area contributed by atoms with E-state index in [1.54, 1.807) is 61.7 Å². The van der Waals surface area contributed by atoms with Crippen LogP contribution in [-0.2, 0) is 10.1 Å². The first-order valence-corrected chi connectivity index (χ1v) is 13.5. The molecule has 3 N–H and O–H groups in total. The Labute approximate surface area is 231 Å². The number of aromatic nitrogens is 2. The molecule has 1 heterocycles. The van der Waals surface area contributed by atoms with Crippen molar-refractivity contribution in [2.24, 2.45) is 0 Å². The number of hydrogen-bond donors (Lipinski definition) is 3. The van der Waals surface area contributed by atoms with E-state index in [4.69, 9.17) is 24.0 Å². The summed E-state index contributed by atoms with van der Waals surface area (Å²) in [7, 11) is -0.593. The number of rotatable bonds is 8. The Morgan fingerprint density at radius 2 is 1.57 bits per heavy atom. The topological polar surface area (TPSA) is 179 Å². The quantitative estimate of drug-likeness (QED) is 0.249. The van der Waals surface area contributed by atoms with Crippen molar-refractivity contribution in [3.8, 4) is 35.3 Å². The van der Waals surface area contributed by atoms with Gasteiger partial charge in [0.05, 0.1) is 43.7 Å². The van der Waals surface area contributed by atoms with Gasteiger partial charge in [-0.25, -0.2) is 0 Å².